The van der Waals surface area contributed by atoms with Gasteiger partial charge < -0.3 is 4.98 Å². The fourth-order valence-electron chi connectivity index (χ4n) is 2.01. The van der Waals surface area contributed by atoms with Gasteiger partial charge in [-0.05, 0) is 18.6 Å². The minimum Gasteiger partial charge on any atom is -0.314 e. The van der Waals surface area contributed by atoms with Gasteiger partial charge in [0.1, 0.15) is 6.33 Å². The van der Waals surface area contributed by atoms with Crippen LogP contribution in [-0.4, -0.2) is 24.5 Å². The van der Waals surface area contributed by atoms with Gasteiger partial charge in [-0.2, -0.15) is 0 Å². The predicted molar refractivity (Wildman–Crippen MR) is 75.3 cm³/mol. The molecule has 0 radical (unpaired) electrons. The summed E-state index contributed by atoms with van der Waals surface area (Å²) in [5, 5.41) is 0.387. The van der Waals surface area contributed by atoms with Crippen LogP contribution in [0.1, 0.15) is 11.1 Å². The maximum atomic E-state index is 12.4. The Bertz CT molecular complexity index is 999. The minimum atomic E-state index is -0.590. The highest BCUT2D eigenvalue weighted by molar-refractivity contribution is 5.73. The van der Waals surface area contributed by atoms with E-state index in [2.05, 4.69) is 19.9 Å². The summed E-state index contributed by atoms with van der Waals surface area (Å²) < 4.78 is 1.30. The number of nitrogens with zero attached hydrogens (tertiary/aromatic N) is 3. The quantitative estimate of drug-likeness (QED) is 0.660. The number of aromatic amines is 2. The van der Waals surface area contributed by atoms with E-state index in [1.54, 1.807) is 12.3 Å². The van der Waals surface area contributed by atoms with Gasteiger partial charge in [0, 0.05) is 12.4 Å². The zero-order valence-electron chi connectivity index (χ0n) is 11.1. The second-order valence-corrected chi connectivity index (χ2v) is 4.66. The van der Waals surface area contributed by atoms with Crippen LogP contribution in [0.3, 0.4) is 0 Å². The topological polar surface area (TPSA) is 114 Å². The Morgan fingerprint density at radius 1 is 1.24 bits per heavy atom. The van der Waals surface area contributed by atoms with E-state index >= 15 is 0 Å². The fourth-order valence-corrected chi connectivity index (χ4v) is 2.01. The highest BCUT2D eigenvalue weighted by Crippen LogP contribution is 2.05. The van der Waals surface area contributed by atoms with Gasteiger partial charge in [0.25, 0.3) is 11.1 Å². The maximum absolute atomic E-state index is 12.4. The number of rotatable bonds is 2. The summed E-state index contributed by atoms with van der Waals surface area (Å²) in [5.74, 6) is 0. The summed E-state index contributed by atoms with van der Waals surface area (Å²) in [4.78, 5) is 47.6. The highest BCUT2D eigenvalue weighted by Gasteiger charge is 2.08. The van der Waals surface area contributed by atoms with Gasteiger partial charge in [0.05, 0.1) is 17.5 Å². The molecule has 0 fully saturated rings. The molecule has 0 atom stereocenters. The number of hydrogen-bond acceptors (Lipinski definition) is 5. The lowest BCUT2D eigenvalue weighted by atomic mass is 10.2. The number of fused-ring (bicyclic) bond motifs is 1. The molecule has 8 nitrogen and oxygen atoms in total. The van der Waals surface area contributed by atoms with Crippen molar-refractivity contribution in [3.05, 3.63) is 67.1 Å². The van der Waals surface area contributed by atoms with Crippen molar-refractivity contribution in [2.75, 3.05) is 0 Å². The Balaban J connectivity index is 2.13. The molecule has 0 saturated carbocycles. The normalized spacial score (nSPS) is 10.9. The van der Waals surface area contributed by atoms with Crippen molar-refractivity contribution in [2.45, 2.75) is 13.5 Å². The molecule has 21 heavy (non-hydrogen) atoms. The van der Waals surface area contributed by atoms with Gasteiger partial charge in [0.15, 0.2) is 5.65 Å². The third-order valence-electron chi connectivity index (χ3n) is 3.05. The molecule has 0 bridgehead atoms. The van der Waals surface area contributed by atoms with E-state index in [-0.39, 0.29) is 17.7 Å². The largest absolute Gasteiger partial charge is 0.325 e. The average molecular weight is 285 g/mol. The van der Waals surface area contributed by atoms with Gasteiger partial charge in [-0.25, -0.2) is 14.8 Å². The van der Waals surface area contributed by atoms with E-state index in [0.717, 1.165) is 5.56 Å². The second-order valence-electron chi connectivity index (χ2n) is 4.66. The Hall–Kier alpha value is -3.03. The van der Waals surface area contributed by atoms with Crippen LogP contribution in [0.2, 0.25) is 0 Å². The monoisotopic (exact) mass is 285 g/mol. The summed E-state index contributed by atoms with van der Waals surface area (Å²) in [6, 6.07) is 1.70. The number of H-pyrrole nitrogens is 2. The van der Waals surface area contributed by atoms with Crippen LogP contribution >= 0.6 is 0 Å². The summed E-state index contributed by atoms with van der Waals surface area (Å²) >= 11 is 0. The van der Waals surface area contributed by atoms with E-state index in [4.69, 9.17) is 0 Å². The van der Waals surface area contributed by atoms with Crippen LogP contribution in [-0.2, 0) is 6.54 Å². The van der Waals surface area contributed by atoms with Crippen LogP contribution < -0.4 is 16.8 Å². The molecule has 3 heterocycles. The van der Waals surface area contributed by atoms with Crippen LogP contribution in [0.4, 0.5) is 0 Å². The SMILES string of the molecule is Cc1cnc2ncn(Cc3c[nH]c(=O)[nH]c3=O)c(=O)c2c1. The third-order valence-corrected chi connectivity index (χ3v) is 3.05. The fraction of sp³-hybridized carbons (Fsp3) is 0.154. The first kappa shape index (κ1) is 13.0. The van der Waals surface area contributed by atoms with Crippen LogP contribution in [0.25, 0.3) is 11.0 Å². The smallest absolute Gasteiger partial charge is 0.314 e. The lowest BCUT2D eigenvalue weighted by Crippen LogP contribution is -2.29. The molecule has 0 unspecified atom stereocenters. The second kappa shape index (κ2) is 4.82. The van der Waals surface area contributed by atoms with Crippen LogP contribution in [0.5, 0.6) is 0 Å². The van der Waals surface area contributed by atoms with Crippen molar-refractivity contribution in [3.8, 4) is 0 Å². The first-order valence-corrected chi connectivity index (χ1v) is 6.17. The molecule has 0 saturated heterocycles. The first-order valence-electron chi connectivity index (χ1n) is 6.17. The van der Waals surface area contributed by atoms with Crippen molar-refractivity contribution in [1.29, 1.82) is 0 Å². The minimum absolute atomic E-state index is 0.0157. The molecular formula is C13H11N5O3. The molecule has 0 aliphatic carbocycles. The predicted octanol–water partition coefficient (Wildman–Crippen LogP) is -0.475. The molecule has 3 aromatic heterocycles. The molecule has 0 spiro atoms. The average Bonchev–Trinajstić information content (AvgIpc) is 2.45. The summed E-state index contributed by atoms with van der Waals surface area (Å²) in [6.07, 6.45) is 4.25. The van der Waals surface area contributed by atoms with Gasteiger partial charge >= 0.3 is 5.69 Å². The van der Waals surface area contributed by atoms with Gasteiger partial charge in [0.2, 0.25) is 0 Å². The molecule has 2 N–H and O–H groups in total. The molecule has 3 aromatic rings. The van der Waals surface area contributed by atoms with Crippen molar-refractivity contribution in [2.24, 2.45) is 0 Å². The number of hydrogen-bond donors (Lipinski definition) is 2. The van der Waals surface area contributed by atoms with Gasteiger partial charge in [-0.1, -0.05) is 0 Å². The summed E-state index contributed by atoms with van der Waals surface area (Å²) in [5.41, 5.74) is 0.0548. The van der Waals surface area contributed by atoms with Crippen LogP contribution in [0, 0.1) is 6.92 Å². The first-order chi connectivity index (χ1) is 10.0. The van der Waals surface area contributed by atoms with Crippen molar-refractivity contribution < 1.29 is 0 Å². The molecule has 106 valence electrons. The zero-order chi connectivity index (χ0) is 15.0. The Labute approximate surface area is 117 Å². The van der Waals surface area contributed by atoms with E-state index in [1.165, 1.54) is 17.1 Å². The zero-order valence-corrected chi connectivity index (χ0v) is 11.1. The third kappa shape index (κ3) is 2.38. The Kier molecular flexibility index (Phi) is 2.98. The van der Waals surface area contributed by atoms with Crippen molar-refractivity contribution in [3.63, 3.8) is 0 Å². The molecular weight excluding hydrogens is 274 g/mol. The molecule has 3 rings (SSSR count). The van der Waals surface area contributed by atoms with Crippen molar-refractivity contribution in [1.82, 2.24) is 24.5 Å². The Morgan fingerprint density at radius 2 is 2.05 bits per heavy atom. The van der Waals surface area contributed by atoms with E-state index in [9.17, 15) is 14.4 Å². The van der Waals surface area contributed by atoms with Crippen LogP contribution in [0.15, 0.2) is 39.2 Å². The molecule has 0 amide bonds. The van der Waals surface area contributed by atoms with Crippen molar-refractivity contribution >= 4 is 11.0 Å². The Morgan fingerprint density at radius 3 is 2.81 bits per heavy atom. The molecule has 0 aliphatic heterocycles. The lowest BCUT2D eigenvalue weighted by molar-refractivity contribution is 0.731. The van der Waals surface area contributed by atoms with E-state index in [0.29, 0.717) is 11.0 Å². The number of aromatic nitrogens is 5. The van der Waals surface area contributed by atoms with Gasteiger partial charge in [-0.15, -0.1) is 0 Å². The number of pyridine rings is 1. The summed E-state index contributed by atoms with van der Waals surface area (Å²) in [7, 11) is 0. The number of aryl methyl sites for hydroxylation is 1. The van der Waals surface area contributed by atoms with E-state index < -0.39 is 11.2 Å². The maximum Gasteiger partial charge on any atom is 0.325 e. The lowest BCUT2D eigenvalue weighted by Gasteiger charge is -2.05. The standard InChI is InChI=1S/C13H11N5O3/c1-7-2-9-10(14-3-7)16-6-18(12(9)20)5-8-4-15-13(21)17-11(8)19/h2-4,6H,5H2,1H3,(H2,15,17,19,21). The molecule has 0 aromatic carbocycles. The number of nitrogens with one attached hydrogen (secondary N) is 2. The van der Waals surface area contributed by atoms with E-state index in [1.807, 2.05) is 6.92 Å². The summed E-state index contributed by atoms with van der Waals surface area (Å²) in [6.45, 7) is 1.84. The molecule has 0 aliphatic rings. The van der Waals surface area contributed by atoms with Gasteiger partial charge in [-0.3, -0.25) is 19.1 Å². The highest BCUT2D eigenvalue weighted by atomic mass is 16.2. The molecule has 8 heteroatoms.